The molecule has 0 aliphatic rings. The summed E-state index contributed by atoms with van der Waals surface area (Å²) in [6.07, 6.45) is 0. The summed E-state index contributed by atoms with van der Waals surface area (Å²) in [4.78, 5) is 16.7. The van der Waals surface area contributed by atoms with Crippen LogP contribution in [-0.2, 0) is 4.57 Å². The Labute approximate surface area is 44.0 Å². The molecule has 42 valence electrons. The van der Waals surface area contributed by atoms with E-state index in [0.717, 1.165) is 0 Å². The predicted octanol–water partition coefficient (Wildman–Crippen LogP) is 0.457. The van der Waals surface area contributed by atoms with Crippen molar-refractivity contribution in [1.82, 2.24) is 0 Å². The maximum Gasteiger partial charge on any atom is 0.633 e. The Morgan fingerprint density at radius 1 is 1.57 bits per heavy atom. The minimum atomic E-state index is -2.99. The third-order valence-corrected chi connectivity index (χ3v) is 0.491. The fourth-order valence-electron chi connectivity index (χ4n) is 0. The van der Waals surface area contributed by atoms with Crippen molar-refractivity contribution < 1.29 is 19.4 Å². The Bertz CT molecular complexity index is 75.7. The first-order valence-electron chi connectivity index (χ1n) is 1.03. The highest BCUT2D eigenvalue weighted by Crippen LogP contribution is 2.11. The molecule has 0 aliphatic heterocycles. The van der Waals surface area contributed by atoms with E-state index in [9.17, 15) is 4.57 Å². The third kappa shape index (κ3) is 5.96. The van der Waals surface area contributed by atoms with Crippen LogP contribution in [-0.4, -0.2) is 15.7 Å². The molecule has 2 unspecified atom stereocenters. The van der Waals surface area contributed by atoms with E-state index >= 15 is 0 Å². The summed E-state index contributed by atoms with van der Waals surface area (Å²) in [5, 5.41) is 7.46. The van der Waals surface area contributed by atoms with E-state index in [4.69, 9.17) is 14.8 Å². The molecule has 0 bridgehead atoms. The van der Waals surface area contributed by atoms with Crippen LogP contribution in [0.2, 0.25) is 0 Å². The van der Waals surface area contributed by atoms with E-state index < -0.39 is 13.7 Å². The van der Waals surface area contributed by atoms with Gasteiger partial charge in [0, 0.05) is 0 Å². The highest BCUT2D eigenvalue weighted by molar-refractivity contribution is 7.57. The van der Waals surface area contributed by atoms with Gasteiger partial charge in [0.2, 0.25) is 0 Å². The van der Waals surface area contributed by atoms with Gasteiger partial charge in [-0.1, -0.05) is 0 Å². The molecule has 6 heteroatoms. The maximum absolute atomic E-state index is 9.25. The van der Waals surface area contributed by atoms with Crippen molar-refractivity contribution in [2.75, 3.05) is 0 Å². The molecule has 0 saturated heterocycles. The summed E-state index contributed by atoms with van der Waals surface area (Å²) in [5.74, 6) is 0. The van der Waals surface area contributed by atoms with Gasteiger partial charge in [0.25, 0.3) is 0 Å². The SMILES string of the molecule is O=C(O)[P+](=O)O.P. The van der Waals surface area contributed by atoms with Gasteiger partial charge in [-0.25, -0.2) is 0 Å². The number of carbonyl (C=O) groups is 1. The van der Waals surface area contributed by atoms with Crippen molar-refractivity contribution in [3.05, 3.63) is 0 Å². The lowest BCUT2D eigenvalue weighted by Gasteiger charge is -1.55. The van der Waals surface area contributed by atoms with Gasteiger partial charge in [0.15, 0.2) is 0 Å². The molecule has 0 fully saturated rings. The number of rotatable bonds is 1. The van der Waals surface area contributed by atoms with Crippen molar-refractivity contribution in [3.63, 3.8) is 0 Å². The monoisotopic (exact) mass is 143 g/mol. The van der Waals surface area contributed by atoms with Crippen LogP contribution in [0.25, 0.3) is 0 Å². The molecule has 0 spiro atoms. The van der Waals surface area contributed by atoms with Crippen LogP contribution in [0, 0.1) is 0 Å². The third-order valence-electron chi connectivity index (χ3n) is 0.164. The minimum Gasteiger partial charge on any atom is -0.441 e. The lowest BCUT2D eigenvalue weighted by Crippen LogP contribution is -1.77. The second-order valence-electron chi connectivity index (χ2n) is 0.556. The van der Waals surface area contributed by atoms with E-state index in [-0.39, 0.29) is 9.90 Å². The summed E-state index contributed by atoms with van der Waals surface area (Å²) in [6.45, 7) is 0. The summed E-state index contributed by atoms with van der Waals surface area (Å²) >= 11 is 0. The molecule has 2 N–H and O–H groups in total. The quantitative estimate of drug-likeness (QED) is 0.522. The van der Waals surface area contributed by atoms with E-state index in [1.165, 1.54) is 0 Å². The maximum atomic E-state index is 9.25. The van der Waals surface area contributed by atoms with Crippen molar-refractivity contribution in [3.8, 4) is 0 Å². The Kier molecular flexibility index (Phi) is 5.93. The Hall–Kier alpha value is -0.0400. The second kappa shape index (κ2) is 4.13. The highest BCUT2D eigenvalue weighted by Gasteiger charge is 2.23. The van der Waals surface area contributed by atoms with Gasteiger partial charge in [0.05, 0.1) is 0 Å². The molecule has 0 saturated carbocycles. The van der Waals surface area contributed by atoms with Crippen LogP contribution >= 0.6 is 17.9 Å². The lowest BCUT2D eigenvalue weighted by atomic mass is 11.6. The fourth-order valence-corrected chi connectivity index (χ4v) is 0. The molecule has 4 nitrogen and oxygen atoms in total. The van der Waals surface area contributed by atoms with E-state index in [2.05, 4.69) is 0 Å². The molecular weight excluding hydrogens is 138 g/mol. The molecule has 7 heavy (non-hydrogen) atoms. The van der Waals surface area contributed by atoms with Crippen LogP contribution < -0.4 is 0 Å². The van der Waals surface area contributed by atoms with E-state index in [1.807, 2.05) is 0 Å². The van der Waals surface area contributed by atoms with Crippen LogP contribution in [0.4, 0.5) is 4.79 Å². The summed E-state index contributed by atoms with van der Waals surface area (Å²) in [5.41, 5.74) is -1.68. The summed E-state index contributed by atoms with van der Waals surface area (Å²) in [6, 6.07) is 0. The number of carboxylic acid groups (broad SMARTS) is 1. The smallest absolute Gasteiger partial charge is 0.441 e. The first kappa shape index (κ1) is 10.0. The zero-order valence-electron chi connectivity index (χ0n) is 3.37. The molecule has 0 aromatic carbocycles. The molecule has 0 amide bonds. The zero-order valence-corrected chi connectivity index (χ0v) is 5.67. The Morgan fingerprint density at radius 2 is 1.71 bits per heavy atom. The first-order valence-corrected chi connectivity index (χ1v) is 2.25. The molecule has 0 radical (unpaired) electrons. The number of hydrogen-bond acceptors (Lipinski definition) is 2. The van der Waals surface area contributed by atoms with Gasteiger partial charge in [-0.3, -0.25) is 0 Å². The first-order chi connectivity index (χ1) is 2.64. The Morgan fingerprint density at radius 3 is 1.71 bits per heavy atom. The van der Waals surface area contributed by atoms with Crippen LogP contribution in [0.15, 0.2) is 0 Å². The van der Waals surface area contributed by atoms with Crippen molar-refractivity contribution in [1.29, 1.82) is 0 Å². The summed E-state index contributed by atoms with van der Waals surface area (Å²) < 4.78 is 9.25. The average Bonchev–Trinajstić information content (AvgIpc) is 1.36. The molecule has 0 aromatic heterocycles. The van der Waals surface area contributed by atoms with E-state index in [0.29, 0.717) is 0 Å². The van der Waals surface area contributed by atoms with Gasteiger partial charge in [-0.15, -0.1) is 0 Å². The van der Waals surface area contributed by atoms with Crippen molar-refractivity contribution in [2.24, 2.45) is 0 Å². The van der Waals surface area contributed by atoms with Gasteiger partial charge >= 0.3 is 13.7 Å². The van der Waals surface area contributed by atoms with Crippen molar-refractivity contribution in [2.45, 2.75) is 0 Å². The van der Waals surface area contributed by atoms with Gasteiger partial charge in [0.1, 0.15) is 0 Å². The standard InChI is InChI=1S/CHO4P.H3P/c2-1(3)6(4)5;/h(H-,2,3,4,5);1H3/p+1. The Balaban J connectivity index is 0. The predicted molar refractivity (Wildman–Crippen MR) is 29.0 cm³/mol. The van der Waals surface area contributed by atoms with Crippen LogP contribution in [0.1, 0.15) is 0 Å². The number of hydrogen-bond donors (Lipinski definition) is 2. The lowest BCUT2D eigenvalue weighted by molar-refractivity contribution is 0.217. The van der Waals surface area contributed by atoms with Gasteiger partial charge in [-0.05, 0) is 4.57 Å². The summed E-state index contributed by atoms with van der Waals surface area (Å²) in [7, 11) is -2.99. The van der Waals surface area contributed by atoms with Gasteiger partial charge < -0.3 is 5.11 Å². The average molecular weight is 143 g/mol. The topological polar surface area (TPSA) is 74.6 Å². The zero-order chi connectivity index (χ0) is 5.15. The fraction of sp³-hybridized carbons (Fsp3) is 0. The van der Waals surface area contributed by atoms with Crippen LogP contribution in [0.3, 0.4) is 0 Å². The second-order valence-corrected chi connectivity index (χ2v) is 1.48. The van der Waals surface area contributed by atoms with Crippen LogP contribution in [0.5, 0.6) is 0 Å². The van der Waals surface area contributed by atoms with E-state index in [1.54, 1.807) is 0 Å². The molecule has 2 atom stereocenters. The highest BCUT2D eigenvalue weighted by atomic mass is 31.1. The molecule has 0 aromatic rings. The minimum absolute atomic E-state index is 0. The van der Waals surface area contributed by atoms with Gasteiger partial charge in [-0.2, -0.15) is 19.6 Å². The molecule has 0 rings (SSSR count). The largest absolute Gasteiger partial charge is 0.633 e. The molecular formula is CH5O4P2+. The normalized spacial score (nSPS) is 9.00. The molecule has 0 aliphatic carbocycles. The van der Waals surface area contributed by atoms with Crippen molar-refractivity contribution >= 4 is 23.6 Å². The molecule has 0 heterocycles.